The van der Waals surface area contributed by atoms with Gasteiger partial charge < -0.3 is 20.7 Å². The van der Waals surface area contributed by atoms with Crippen LogP contribution in [0.15, 0.2) is 54.6 Å². The average Bonchev–Trinajstić information content (AvgIpc) is 2.89. The molecule has 0 aliphatic carbocycles. The van der Waals surface area contributed by atoms with Gasteiger partial charge in [0, 0.05) is 37.8 Å². The number of nitrogens with zero attached hydrogens (tertiary/aromatic N) is 1. The zero-order valence-corrected chi connectivity index (χ0v) is 20.8. The Morgan fingerprint density at radius 3 is 2.51 bits per heavy atom. The first-order chi connectivity index (χ1) is 16.9. The number of benzene rings is 2. The maximum atomic E-state index is 12.4. The second-order valence-corrected chi connectivity index (χ2v) is 8.89. The molecule has 1 fully saturated rings. The molecule has 188 valence electrons. The van der Waals surface area contributed by atoms with E-state index >= 15 is 0 Å². The molecule has 2 atom stereocenters. The van der Waals surface area contributed by atoms with Crippen LogP contribution in [0, 0.1) is 0 Å². The molecule has 0 spiro atoms. The first-order valence-electron chi connectivity index (χ1n) is 12.2. The molecule has 3 rings (SSSR count). The summed E-state index contributed by atoms with van der Waals surface area (Å²) in [5.41, 5.74) is 1.35. The second-order valence-electron chi connectivity index (χ2n) is 8.89. The van der Waals surface area contributed by atoms with Crippen molar-refractivity contribution in [1.29, 1.82) is 0 Å². The number of piperidine rings is 1. The molecule has 8 heteroatoms. The van der Waals surface area contributed by atoms with Crippen molar-refractivity contribution < 1.29 is 19.1 Å². The maximum Gasteiger partial charge on any atom is 0.330 e. The van der Waals surface area contributed by atoms with Gasteiger partial charge in [0.15, 0.2) is 0 Å². The average molecular weight is 481 g/mol. The molecule has 0 unspecified atom stereocenters. The Morgan fingerprint density at radius 1 is 1.06 bits per heavy atom. The lowest BCUT2D eigenvalue weighted by Crippen LogP contribution is -2.51. The van der Waals surface area contributed by atoms with Crippen LogP contribution < -0.4 is 16.0 Å². The molecular weight excluding hydrogens is 444 g/mol. The minimum absolute atomic E-state index is 0.113. The van der Waals surface area contributed by atoms with E-state index in [0.717, 1.165) is 25.9 Å². The number of fused-ring (bicyclic) bond motifs is 1. The molecule has 1 aliphatic rings. The quantitative estimate of drug-likeness (QED) is 0.357. The van der Waals surface area contributed by atoms with Gasteiger partial charge in [0.25, 0.3) is 0 Å². The predicted octanol–water partition coefficient (Wildman–Crippen LogP) is 2.30. The molecule has 2 amide bonds. The molecule has 2 aromatic rings. The lowest BCUT2D eigenvalue weighted by molar-refractivity contribution is -0.134. The normalized spacial score (nSPS) is 16.7. The summed E-state index contributed by atoms with van der Waals surface area (Å²) in [5.74, 6) is -1.02. The molecule has 2 aromatic carbocycles. The third-order valence-corrected chi connectivity index (χ3v) is 6.53. The third kappa shape index (κ3) is 7.63. The van der Waals surface area contributed by atoms with Crippen LogP contribution in [0.1, 0.15) is 38.3 Å². The molecule has 1 aliphatic heterocycles. The number of hydrogen-bond acceptors (Lipinski definition) is 6. The van der Waals surface area contributed by atoms with E-state index in [0.29, 0.717) is 6.04 Å². The Hall–Kier alpha value is -3.23. The third-order valence-electron chi connectivity index (χ3n) is 6.53. The smallest absolute Gasteiger partial charge is 0.330 e. The maximum absolute atomic E-state index is 12.4. The molecule has 8 nitrogen and oxygen atoms in total. The predicted molar refractivity (Wildman–Crippen MR) is 137 cm³/mol. The number of ether oxygens (including phenoxy) is 1. The van der Waals surface area contributed by atoms with E-state index in [-0.39, 0.29) is 30.9 Å². The fourth-order valence-corrected chi connectivity index (χ4v) is 4.47. The Morgan fingerprint density at radius 2 is 1.77 bits per heavy atom. The summed E-state index contributed by atoms with van der Waals surface area (Å²) in [6.07, 6.45) is 4.64. The van der Waals surface area contributed by atoms with Crippen molar-refractivity contribution in [3.05, 3.63) is 60.2 Å². The fourth-order valence-electron chi connectivity index (χ4n) is 4.47. The van der Waals surface area contributed by atoms with Gasteiger partial charge in [-0.1, -0.05) is 48.5 Å². The van der Waals surface area contributed by atoms with E-state index in [1.54, 1.807) is 0 Å². The first-order valence-corrected chi connectivity index (χ1v) is 12.2. The van der Waals surface area contributed by atoms with E-state index in [1.165, 1.54) is 35.6 Å². The van der Waals surface area contributed by atoms with Gasteiger partial charge >= 0.3 is 5.97 Å². The van der Waals surface area contributed by atoms with Crippen LogP contribution in [-0.4, -0.2) is 68.1 Å². The van der Waals surface area contributed by atoms with Crippen molar-refractivity contribution >= 4 is 28.6 Å². The summed E-state index contributed by atoms with van der Waals surface area (Å²) >= 11 is 0. The Bertz CT molecular complexity index is 1040. The van der Waals surface area contributed by atoms with Gasteiger partial charge in [0.05, 0.1) is 19.7 Å². The summed E-state index contributed by atoms with van der Waals surface area (Å²) in [6.45, 7) is 6.07. The molecule has 3 N–H and O–H groups in total. The molecule has 0 bridgehead atoms. The SMILES string of the molecule is COC(=O)/C=C/CNC(=O)CNC(=O)[C@@H](C)NC1CCN([C@H](C)c2cccc3ccccc23)CC1. The lowest BCUT2D eigenvalue weighted by atomic mass is 9.96. The number of carbonyl (C=O) groups is 3. The van der Waals surface area contributed by atoms with Crippen molar-refractivity contribution in [2.24, 2.45) is 0 Å². The van der Waals surface area contributed by atoms with Crippen LogP contribution in [0.2, 0.25) is 0 Å². The zero-order chi connectivity index (χ0) is 25.2. The number of hydrogen-bond donors (Lipinski definition) is 3. The molecule has 0 saturated carbocycles. The van der Waals surface area contributed by atoms with Gasteiger partial charge in [0.2, 0.25) is 11.8 Å². The van der Waals surface area contributed by atoms with Gasteiger partial charge in [-0.2, -0.15) is 0 Å². The van der Waals surface area contributed by atoms with E-state index in [1.807, 2.05) is 6.92 Å². The molecule has 1 heterocycles. The zero-order valence-electron chi connectivity index (χ0n) is 20.8. The molecule has 0 aromatic heterocycles. The van der Waals surface area contributed by atoms with Crippen molar-refractivity contribution in [1.82, 2.24) is 20.9 Å². The van der Waals surface area contributed by atoms with Crippen LogP contribution in [0.3, 0.4) is 0 Å². The van der Waals surface area contributed by atoms with Crippen molar-refractivity contribution in [3.8, 4) is 0 Å². The molecule has 0 radical (unpaired) electrons. The molecular formula is C27H36N4O4. The Kier molecular flexibility index (Phi) is 9.81. The highest BCUT2D eigenvalue weighted by Crippen LogP contribution is 2.30. The Balaban J connectivity index is 1.39. The number of rotatable bonds is 10. The van der Waals surface area contributed by atoms with E-state index in [4.69, 9.17) is 0 Å². The van der Waals surface area contributed by atoms with Gasteiger partial charge in [-0.15, -0.1) is 0 Å². The highest BCUT2D eigenvalue weighted by atomic mass is 16.5. The van der Waals surface area contributed by atoms with Gasteiger partial charge in [-0.25, -0.2) is 4.79 Å². The fraction of sp³-hybridized carbons (Fsp3) is 0.444. The highest BCUT2D eigenvalue weighted by Gasteiger charge is 2.26. The van der Waals surface area contributed by atoms with E-state index in [2.05, 4.69) is 75.0 Å². The van der Waals surface area contributed by atoms with Crippen LogP contribution in [0.5, 0.6) is 0 Å². The summed E-state index contributed by atoms with van der Waals surface area (Å²) in [5, 5.41) is 11.2. The molecule has 1 saturated heterocycles. The van der Waals surface area contributed by atoms with E-state index in [9.17, 15) is 14.4 Å². The summed E-state index contributed by atoms with van der Waals surface area (Å²) in [7, 11) is 1.28. The van der Waals surface area contributed by atoms with Crippen molar-refractivity contribution in [2.75, 3.05) is 33.3 Å². The van der Waals surface area contributed by atoms with Crippen LogP contribution in [0.4, 0.5) is 0 Å². The summed E-state index contributed by atoms with van der Waals surface area (Å²) in [6, 6.07) is 15.2. The Labute approximate surface area is 207 Å². The largest absolute Gasteiger partial charge is 0.466 e. The lowest BCUT2D eigenvalue weighted by Gasteiger charge is -2.37. The van der Waals surface area contributed by atoms with Gasteiger partial charge in [-0.05, 0) is 43.0 Å². The number of methoxy groups -OCH3 is 1. The number of amides is 2. The second kappa shape index (κ2) is 13.0. The monoisotopic (exact) mass is 480 g/mol. The highest BCUT2D eigenvalue weighted by molar-refractivity contribution is 5.87. The minimum atomic E-state index is -0.485. The molecule has 35 heavy (non-hydrogen) atoms. The first kappa shape index (κ1) is 26.4. The van der Waals surface area contributed by atoms with Gasteiger partial charge in [0.1, 0.15) is 0 Å². The van der Waals surface area contributed by atoms with Crippen LogP contribution >= 0.6 is 0 Å². The van der Waals surface area contributed by atoms with Crippen LogP contribution in [0.25, 0.3) is 10.8 Å². The summed E-state index contributed by atoms with van der Waals surface area (Å²) < 4.78 is 4.47. The van der Waals surface area contributed by atoms with E-state index < -0.39 is 12.0 Å². The summed E-state index contributed by atoms with van der Waals surface area (Å²) in [4.78, 5) is 37.8. The van der Waals surface area contributed by atoms with Crippen LogP contribution in [-0.2, 0) is 19.1 Å². The number of esters is 1. The van der Waals surface area contributed by atoms with Crippen molar-refractivity contribution in [3.63, 3.8) is 0 Å². The number of nitrogens with one attached hydrogen (secondary N) is 3. The van der Waals surface area contributed by atoms with Gasteiger partial charge in [-0.3, -0.25) is 14.5 Å². The van der Waals surface area contributed by atoms with Crippen molar-refractivity contribution in [2.45, 2.75) is 44.8 Å². The minimum Gasteiger partial charge on any atom is -0.466 e. The standard InChI is InChI=1S/C27H36N4O4/c1-19(27(34)29-18-25(32)28-15-7-12-26(33)35-3)30-22-13-16-31(17-14-22)20(2)23-11-6-9-21-8-4-5-10-24(21)23/h4-12,19-20,22,30H,13-18H2,1-3H3,(H,28,32)(H,29,34)/b12-7+/t19-,20-/m1/s1. The number of likely N-dealkylation sites (tertiary alicyclic amines) is 1. The number of carbonyl (C=O) groups excluding carboxylic acids is 3. The topological polar surface area (TPSA) is 99.8 Å².